The molecule has 0 aliphatic carbocycles. The summed E-state index contributed by atoms with van der Waals surface area (Å²) < 4.78 is 5.68. The summed E-state index contributed by atoms with van der Waals surface area (Å²) in [4.78, 5) is 29.3. The van der Waals surface area contributed by atoms with Crippen LogP contribution in [0.1, 0.15) is 12.6 Å². The molecule has 0 spiro atoms. The molecule has 3 amide bonds. The van der Waals surface area contributed by atoms with E-state index in [-0.39, 0.29) is 11.9 Å². The van der Waals surface area contributed by atoms with Gasteiger partial charge in [0, 0.05) is 25.0 Å². The highest BCUT2D eigenvalue weighted by Crippen LogP contribution is 2.28. The Morgan fingerprint density at radius 3 is 2.92 bits per heavy atom. The second-order valence-corrected chi connectivity index (χ2v) is 6.25. The van der Waals surface area contributed by atoms with Gasteiger partial charge in [0.05, 0.1) is 10.7 Å². The zero-order valence-electron chi connectivity index (χ0n) is 14.2. The maximum absolute atomic E-state index is 12.3. The Morgan fingerprint density at radius 1 is 1.42 bits per heavy atom. The average Bonchev–Trinajstić information content (AvgIpc) is 3.07. The van der Waals surface area contributed by atoms with Gasteiger partial charge in [-0.25, -0.2) is 4.79 Å². The van der Waals surface area contributed by atoms with E-state index in [2.05, 4.69) is 15.6 Å². The van der Waals surface area contributed by atoms with E-state index in [1.165, 1.54) is 4.90 Å². The van der Waals surface area contributed by atoms with Gasteiger partial charge in [0.15, 0.2) is 0 Å². The van der Waals surface area contributed by atoms with Crippen LogP contribution in [0.25, 0.3) is 0 Å². The number of nitrogens with one attached hydrogen (secondary N) is 2. The summed E-state index contributed by atoms with van der Waals surface area (Å²) in [6.07, 6.45) is 1.70. The molecule has 1 saturated heterocycles. The first-order chi connectivity index (χ1) is 12.5. The van der Waals surface area contributed by atoms with E-state index in [1.54, 1.807) is 31.3 Å². The molecule has 1 aliphatic heterocycles. The van der Waals surface area contributed by atoms with E-state index < -0.39 is 6.04 Å². The van der Waals surface area contributed by atoms with Crippen molar-refractivity contribution in [3.63, 3.8) is 0 Å². The van der Waals surface area contributed by atoms with Gasteiger partial charge in [-0.3, -0.25) is 14.7 Å². The lowest BCUT2D eigenvalue weighted by Crippen LogP contribution is -2.43. The normalized spacial score (nSPS) is 14.7. The van der Waals surface area contributed by atoms with E-state index in [4.69, 9.17) is 16.3 Å². The monoisotopic (exact) mass is 374 g/mol. The van der Waals surface area contributed by atoms with Crippen LogP contribution < -0.4 is 15.4 Å². The van der Waals surface area contributed by atoms with Gasteiger partial charge < -0.3 is 15.4 Å². The maximum atomic E-state index is 12.3. The van der Waals surface area contributed by atoms with Crippen LogP contribution in [0.5, 0.6) is 5.75 Å². The van der Waals surface area contributed by atoms with Crippen LogP contribution in [0.3, 0.4) is 0 Å². The number of halogens is 1. The molecule has 1 unspecified atom stereocenters. The number of benzene rings is 1. The van der Waals surface area contributed by atoms with Crippen molar-refractivity contribution in [2.45, 2.75) is 19.6 Å². The number of hydrogen-bond acceptors (Lipinski definition) is 5. The van der Waals surface area contributed by atoms with Crippen LogP contribution in [-0.2, 0) is 11.4 Å². The number of imide groups is 1. The molecule has 8 heteroatoms. The number of hydrogen-bond donors (Lipinski definition) is 2. The molecule has 0 saturated carbocycles. The van der Waals surface area contributed by atoms with E-state index in [9.17, 15) is 9.59 Å². The first-order valence-electron chi connectivity index (χ1n) is 8.22. The molecule has 1 aromatic carbocycles. The lowest BCUT2D eigenvalue weighted by molar-refractivity contribution is -0.128. The van der Waals surface area contributed by atoms with Gasteiger partial charge in [0.2, 0.25) is 0 Å². The number of aromatic nitrogens is 1. The fraction of sp³-hybridized carbons (Fsp3) is 0.278. The summed E-state index contributed by atoms with van der Waals surface area (Å²) in [6, 6.07) is 9.86. The summed E-state index contributed by atoms with van der Waals surface area (Å²) in [7, 11) is 0. The molecule has 2 aromatic rings. The van der Waals surface area contributed by atoms with Crippen LogP contribution in [-0.4, -0.2) is 41.0 Å². The number of nitrogens with zero attached hydrogens (tertiary/aromatic N) is 2. The summed E-state index contributed by atoms with van der Waals surface area (Å²) in [5.41, 5.74) is 1.47. The van der Waals surface area contributed by atoms with Crippen molar-refractivity contribution >= 4 is 29.2 Å². The van der Waals surface area contributed by atoms with Crippen molar-refractivity contribution in [3.8, 4) is 5.75 Å². The highest BCUT2D eigenvalue weighted by molar-refractivity contribution is 6.32. The fourth-order valence-electron chi connectivity index (χ4n) is 2.57. The number of urea groups is 1. The lowest BCUT2D eigenvalue weighted by Gasteiger charge is -2.20. The minimum Gasteiger partial charge on any atom is -0.486 e. The Labute approximate surface area is 156 Å². The van der Waals surface area contributed by atoms with Gasteiger partial charge in [-0.15, -0.1) is 0 Å². The van der Waals surface area contributed by atoms with Gasteiger partial charge >= 0.3 is 6.03 Å². The molecule has 1 aromatic heterocycles. The summed E-state index contributed by atoms with van der Waals surface area (Å²) in [6.45, 7) is 2.87. The van der Waals surface area contributed by atoms with Gasteiger partial charge in [-0.05, 0) is 37.3 Å². The second-order valence-electron chi connectivity index (χ2n) is 5.84. The largest absolute Gasteiger partial charge is 0.486 e. The molecular formula is C18H19ClN4O3. The minimum absolute atomic E-state index is 0.286. The summed E-state index contributed by atoms with van der Waals surface area (Å²) in [5.74, 6) is 0.243. The number of pyridine rings is 1. The number of amides is 3. The number of carbonyl (C=O) groups is 2. The Bertz CT molecular complexity index is 800. The first-order valence-corrected chi connectivity index (χ1v) is 8.60. The molecule has 2 heterocycles. The van der Waals surface area contributed by atoms with E-state index in [0.717, 1.165) is 5.69 Å². The minimum atomic E-state index is -0.560. The fourth-order valence-corrected chi connectivity index (χ4v) is 2.81. The lowest BCUT2D eigenvalue weighted by atomic mass is 10.2. The summed E-state index contributed by atoms with van der Waals surface area (Å²) in [5, 5.41) is 6.09. The number of carbonyl (C=O) groups excluding carboxylic acids is 2. The van der Waals surface area contributed by atoms with Gasteiger partial charge in [-0.1, -0.05) is 17.7 Å². The smallest absolute Gasteiger partial charge is 0.324 e. The molecule has 1 fully saturated rings. The second kappa shape index (κ2) is 8.05. The van der Waals surface area contributed by atoms with Crippen molar-refractivity contribution in [1.82, 2.24) is 15.2 Å². The van der Waals surface area contributed by atoms with Gasteiger partial charge in [0.25, 0.3) is 5.91 Å². The van der Waals surface area contributed by atoms with E-state index in [0.29, 0.717) is 36.2 Å². The number of ether oxygens (including phenoxy) is 1. The Hall–Kier alpha value is -2.80. The number of rotatable bonds is 6. The van der Waals surface area contributed by atoms with Crippen LogP contribution in [0.15, 0.2) is 42.6 Å². The molecule has 0 bridgehead atoms. The molecule has 1 aliphatic rings. The SMILES string of the molecule is CC(Nc1ccc(OCc2ccccn2)c(Cl)c1)C(=O)N1CCNC1=O. The number of anilines is 1. The molecule has 136 valence electrons. The highest BCUT2D eigenvalue weighted by atomic mass is 35.5. The molecule has 1 atom stereocenters. The maximum Gasteiger partial charge on any atom is 0.324 e. The van der Waals surface area contributed by atoms with Crippen LogP contribution in [0.4, 0.5) is 10.5 Å². The third-order valence-electron chi connectivity index (χ3n) is 3.91. The molecule has 26 heavy (non-hydrogen) atoms. The Kier molecular flexibility index (Phi) is 5.58. The molecule has 3 rings (SSSR count). The van der Waals surface area contributed by atoms with Gasteiger partial charge in [-0.2, -0.15) is 0 Å². The Balaban J connectivity index is 1.60. The summed E-state index contributed by atoms with van der Waals surface area (Å²) >= 11 is 6.26. The van der Waals surface area contributed by atoms with Crippen molar-refractivity contribution in [2.24, 2.45) is 0 Å². The van der Waals surface area contributed by atoms with Crippen LogP contribution in [0.2, 0.25) is 5.02 Å². The zero-order chi connectivity index (χ0) is 18.5. The highest BCUT2D eigenvalue weighted by Gasteiger charge is 2.29. The molecule has 7 nitrogen and oxygen atoms in total. The predicted octanol–water partition coefficient (Wildman–Crippen LogP) is 2.67. The van der Waals surface area contributed by atoms with Gasteiger partial charge in [0.1, 0.15) is 18.4 Å². The zero-order valence-corrected chi connectivity index (χ0v) is 15.0. The van der Waals surface area contributed by atoms with Crippen molar-refractivity contribution in [3.05, 3.63) is 53.3 Å². The van der Waals surface area contributed by atoms with Crippen LogP contribution in [0, 0.1) is 0 Å². The Morgan fingerprint density at radius 2 is 2.27 bits per heavy atom. The topological polar surface area (TPSA) is 83.6 Å². The predicted molar refractivity (Wildman–Crippen MR) is 98.2 cm³/mol. The molecule has 2 N–H and O–H groups in total. The third-order valence-corrected chi connectivity index (χ3v) is 4.21. The van der Waals surface area contributed by atoms with E-state index in [1.807, 2.05) is 18.2 Å². The van der Waals surface area contributed by atoms with Crippen molar-refractivity contribution in [1.29, 1.82) is 0 Å². The van der Waals surface area contributed by atoms with Crippen molar-refractivity contribution < 1.29 is 14.3 Å². The van der Waals surface area contributed by atoms with Crippen molar-refractivity contribution in [2.75, 3.05) is 18.4 Å². The molecule has 0 radical (unpaired) electrons. The third kappa shape index (κ3) is 4.23. The van der Waals surface area contributed by atoms with E-state index >= 15 is 0 Å². The first kappa shape index (κ1) is 18.0. The quantitative estimate of drug-likeness (QED) is 0.812. The standard InChI is InChI=1S/C18H19ClN4O3/c1-12(17(24)23-9-8-21-18(23)25)22-13-5-6-16(15(19)10-13)26-11-14-4-2-3-7-20-14/h2-7,10,12,22H,8-9,11H2,1H3,(H,21,25). The molecular weight excluding hydrogens is 356 g/mol. The van der Waals surface area contributed by atoms with Crippen LogP contribution >= 0.6 is 11.6 Å². The average molecular weight is 375 g/mol.